The number of amides is 1. The van der Waals surface area contributed by atoms with E-state index in [1.54, 1.807) is 57.2 Å². The van der Waals surface area contributed by atoms with Crippen LogP contribution in [0.1, 0.15) is 34.6 Å². The Morgan fingerprint density at radius 1 is 1.00 bits per heavy atom. The Morgan fingerprint density at radius 2 is 1.54 bits per heavy atom. The van der Waals surface area contributed by atoms with Crippen LogP contribution in [0.25, 0.3) is 0 Å². The molecular weight excluding hydrogens is 633 g/mol. The van der Waals surface area contributed by atoms with Gasteiger partial charge in [0.1, 0.15) is 23.4 Å². The molecule has 2 rings (SSSR count). The van der Waals surface area contributed by atoms with Gasteiger partial charge in [-0.3, -0.25) is 9.46 Å². The number of hydrogen-bond donors (Lipinski definition) is 0. The first-order chi connectivity index (χ1) is 17.3. The number of benzene rings is 2. The maximum absolute atomic E-state index is 13.0. The fourth-order valence-electron chi connectivity index (χ4n) is 2.84. The van der Waals surface area contributed by atoms with Crippen LogP contribution in [0, 0.1) is 5.92 Å². The second-order valence-corrected chi connectivity index (χ2v) is 13.3. The molecule has 0 bridgehead atoms. The maximum atomic E-state index is 13.0. The predicted octanol–water partition coefficient (Wildman–Crippen LogP) is 8.20. The highest BCUT2D eigenvalue weighted by Gasteiger charge is 2.33. The first-order valence-electron chi connectivity index (χ1n) is 11.5. The van der Waals surface area contributed by atoms with Crippen molar-refractivity contribution in [2.45, 2.75) is 40.2 Å². The van der Waals surface area contributed by atoms with Crippen molar-refractivity contribution in [3.63, 3.8) is 0 Å². The molecule has 0 fully saturated rings. The lowest BCUT2D eigenvalue weighted by Gasteiger charge is -2.29. The highest BCUT2D eigenvalue weighted by molar-refractivity contribution is 9.11. The van der Waals surface area contributed by atoms with Gasteiger partial charge in [0.25, 0.3) is 0 Å². The molecule has 0 unspecified atom stereocenters. The van der Waals surface area contributed by atoms with E-state index in [0.717, 1.165) is 0 Å². The maximum Gasteiger partial charge on any atom is 0.415 e. The molecule has 0 aromatic heterocycles. The molecule has 206 valence electrons. The van der Waals surface area contributed by atoms with Crippen molar-refractivity contribution in [2.24, 2.45) is 5.92 Å². The first kappa shape index (κ1) is 31.6. The van der Waals surface area contributed by atoms with Gasteiger partial charge >= 0.3 is 13.7 Å². The zero-order valence-electron chi connectivity index (χ0n) is 22.1. The van der Waals surface area contributed by atoms with Gasteiger partial charge in [-0.25, -0.2) is 4.79 Å². The second-order valence-electron chi connectivity index (χ2n) is 9.36. The molecule has 37 heavy (non-hydrogen) atoms. The molecule has 0 saturated heterocycles. The summed E-state index contributed by atoms with van der Waals surface area (Å²) in [5, 5.41) is 0. The van der Waals surface area contributed by atoms with Crippen molar-refractivity contribution in [2.75, 3.05) is 38.8 Å². The minimum absolute atomic E-state index is 0.171. The summed E-state index contributed by atoms with van der Waals surface area (Å²) in [6, 6.07) is 10.4. The van der Waals surface area contributed by atoms with E-state index in [2.05, 4.69) is 45.7 Å². The SMILES string of the molecule is COP(=O)(CN(C(=O)OC(C)(C)C)c1cc(Br)c(Oc2ccc(OCOCC(C)C)cc2)c(Br)c1)OC. The van der Waals surface area contributed by atoms with Crippen LogP contribution in [0.2, 0.25) is 0 Å². The second kappa shape index (κ2) is 14.0. The zero-order chi connectivity index (χ0) is 27.8. The van der Waals surface area contributed by atoms with Crippen molar-refractivity contribution in [3.05, 3.63) is 45.3 Å². The average Bonchev–Trinajstić information content (AvgIpc) is 2.82. The zero-order valence-corrected chi connectivity index (χ0v) is 26.1. The van der Waals surface area contributed by atoms with Crippen LogP contribution >= 0.6 is 39.5 Å². The number of carbonyl (C=O) groups excluding carboxylic acids is 1. The Balaban J connectivity index is 2.25. The van der Waals surface area contributed by atoms with Gasteiger partial charge in [0, 0.05) is 14.2 Å². The Hall–Kier alpha value is -1.62. The normalized spacial score (nSPS) is 11.9. The molecule has 0 radical (unpaired) electrons. The quantitative estimate of drug-likeness (QED) is 0.127. The van der Waals surface area contributed by atoms with Gasteiger partial charge in [0.2, 0.25) is 0 Å². The third kappa shape index (κ3) is 10.2. The van der Waals surface area contributed by atoms with Crippen molar-refractivity contribution in [1.29, 1.82) is 0 Å². The molecule has 0 saturated carbocycles. The topological polar surface area (TPSA) is 92.8 Å². The summed E-state index contributed by atoms with van der Waals surface area (Å²) in [6.45, 7) is 10.2. The van der Waals surface area contributed by atoms with Gasteiger partial charge < -0.3 is 28.0 Å². The number of rotatable bonds is 12. The summed E-state index contributed by atoms with van der Waals surface area (Å²) in [5.41, 5.74) is -0.382. The van der Waals surface area contributed by atoms with Crippen LogP contribution in [-0.2, 0) is 23.1 Å². The number of anilines is 1. The third-order valence-electron chi connectivity index (χ3n) is 4.58. The van der Waals surface area contributed by atoms with E-state index in [9.17, 15) is 9.36 Å². The van der Waals surface area contributed by atoms with Crippen LogP contribution in [0.3, 0.4) is 0 Å². The minimum Gasteiger partial charge on any atom is -0.468 e. The van der Waals surface area contributed by atoms with Crippen LogP contribution in [-0.4, -0.2) is 45.6 Å². The van der Waals surface area contributed by atoms with E-state index < -0.39 is 19.3 Å². The molecule has 12 heteroatoms. The standard InChI is InChI=1S/C25H34Br2NO8P/c1-17(2)14-33-16-34-19-8-10-20(11-9-19)35-23-21(26)12-18(13-22(23)27)28(15-37(30,31-6)32-7)24(29)36-25(3,4)5/h8-13,17H,14-16H2,1-7H3. The Morgan fingerprint density at radius 3 is 2.03 bits per heavy atom. The molecule has 0 spiro atoms. The summed E-state index contributed by atoms with van der Waals surface area (Å²) in [6.07, 6.45) is -1.06. The number of ether oxygens (including phenoxy) is 4. The summed E-state index contributed by atoms with van der Waals surface area (Å²) < 4.78 is 46.6. The van der Waals surface area contributed by atoms with Gasteiger partial charge in [-0.15, -0.1) is 0 Å². The Bertz CT molecular complexity index is 1060. The molecule has 0 heterocycles. The molecule has 2 aromatic carbocycles. The lowest BCUT2D eigenvalue weighted by Crippen LogP contribution is -2.37. The molecule has 0 aliphatic carbocycles. The molecule has 0 N–H and O–H groups in total. The van der Waals surface area contributed by atoms with E-state index >= 15 is 0 Å². The first-order valence-corrected chi connectivity index (χ1v) is 14.8. The van der Waals surface area contributed by atoms with Crippen molar-refractivity contribution in [1.82, 2.24) is 0 Å². The third-order valence-corrected chi connectivity index (χ3v) is 7.50. The van der Waals surface area contributed by atoms with Crippen LogP contribution < -0.4 is 14.4 Å². The lowest BCUT2D eigenvalue weighted by atomic mass is 10.2. The fourth-order valence-corrected chi connectivity index (χ4v) is 5.17. The Kier molecular flexibility index (Phi) is 11.9. The van der Waals surface area contributed by atoms with Crippen molar-refractivity contribution in [3.8, 4) is 17.2 Å². The van der Waals surface area contributed by atoms with Crippen LogP contribution in [0.15, 0.2) is 45.3 Å². The van der Waals surface area contributed by atoms with E-state index in [0.29, 0.717) is 44.4 Å². The van der Waals surface area contributed by atoms with Gasteiger partial charge in [0.05, 0.1) is 21.2 Å². The van der Waals surface area contributed by atoms with Crippen LogP contribution in [0.5, 0.6) is 17.2 Å². The highest BCUT2D eigenvalue weighted by Crippen LogP contribution is 2.49. The highest BCUT2D eigenvalue weighted by atomic mass is 79.9. The van der Waals surface area contributed by atoms with E-state index in [-0.39, 0.29) is 13.1 Å². The van der Waals surface area contributed by atoms with Gasteiger partial charge in [0.15, 0.2) is 12.5 Å². The van der Waals surface area contributed by atoms with Gasteiger partial charge in [-0.1, -0.05) is 13.8 Å². The number of halogens is 2. The number of hydrogen-bond acceptors (Lipinski definition) is 8. The predicted molar refractivity (Wildman–Crippen MR) is 150 cm³/mol. The van der Waals surface area contributed by atoms with Crippen LogP contribution in [0.4, 0.5) is 10.5 Å². The molecule has 9 nitrogen and oxygen atoms in total. The smallest absolute Gasteiger partial charge is 0.415 e. The average molecular weight is 667 g/mol. The fraction of sp³-hybridized carbons (Fsp3) is 0.480. The summed E-state index contributed by atoms with van der Waals surface area (Å²) in [5.74, 6) is 2.13. The van der Waals surface area contributed by atoms with Gasteiger partial charge in [-0.2, -0.15) is 0 Å². The largest absolute Gasteiger partial charge is 0.468 e. The molecular formula is C25H34Br2NO8P. The van der Waals surface area contributed by atoms with E-state index in [1.807, 2.05) is 0 Å². The molecule has 2 aromatic rings. The number of nitrogens with zero attached hydrogens (tertiary/aromatic N) is 1. The molecule has 0 aliphatic heterocycles. The lowest BCUT2D eigenvalue weighted by molar-refractivity contribution is 0.00270. The van der Waals surface area contributed by atoms with Crippen molar-refractivity contribution < 1.29 is 37.4 Å². The molecule has 0 atom stereocenters. The molecule has 1 amide bonds. The summed E-state index contributed by atoms with van der Waals surface area (Å²) >= 11 is 7.02. The molecule has 0 aliphatic rings. The minimum atomic E-state index is -3.60. The monoisotopic (exact) mass is 665 g/mol. The summed E-state index contributed by atoms with van der Waals surface area (Å²) in [4.78, 5) is 14.2. The Labute approximate surface area is 235 Å². The summed E-state index contributed by atoms with van der Waals surface area (Å²) in [7, 11) is -1.08. The van der Waals surface area contributed by atoms with E-state index in [1.165, 1.54) is 19.1 Å². The van der Waals surface area contributed by atoms with Crippen molar-refractivity contribution >= 4 is 51.2 Å². The number of carbonyl (C=O) groups is 1. The van der Waals surface area contributed by atoms with E-state index in [4.69, 9.17) is 28.0 Å². The van der Waals surface area contributed by atoms with Gasteiger partial charge in [-0.05, 0) is 94.9 Å².